The highest BCUT2D eigenvalue weighted by Gasteiger charge is 2.23. The summed E-state index contributed by atoms with van der Waals surface area (Å²) in [6, 6.07) is 5.67. The largest absolute Gasteiger partial charge is 0.389 e. The van der Waals surface area contributed by atoms with Crippen molar-refractivity contribution >= 4 is 11.6 Å². The van der Waals surface area contributed by atoms with Gasteiger partial charge in [0.15, 0.2) is 0 Å². The van der Waals surface area contributed by atoms with Crippen molar-refractivity contribution < 1.29 is 9.90 Å². The zero-order chi connectivity index (χ0) is 14.6. The highest BCUT2D eigenvalue weighted by Crippen LogP contribution is 2.17. The van der Waals surface area contributed by atoms with Crippen molar-refractivity contribution in [1.29, 1.82) is 0 Å². The molecular formula is C15H24N2O2. The van der Waals surface area contributed by atoms with Gasteiger partial charge in [-0.1, -0.05) is 0 Å². The summed E-state index contributed by atoms with van der Waals surface area (Å²) in [5.41, 5.74) is 1.72. The molecule has 0 aromatic heterocycles. The van der Waals surface area contributed by atoms with Gasteiger partial charge in [0, 0.05) is 31.4 Å². The van der Waals surface area contributed by atoms with E-state index < -0.39 is 5.60 Å². The van der Waals surface area contributed by atoms with Gasteiger partial charge in [-0.15, -0.1) is 0 Å². The fourth-order valence-electron chi connectivity index (χ4n) is 2.02. The number of amides is 1. The first-order valence-corrected chi connectivity index (χ1v) is 6.58. The number of likely N-dealkylation sites (N-methyl/N-ethyl adjacent to an activating group) is 1. The third-order valence-corrected chi connectivity index (χ3v) is 2.99. The lowest BCUT2D eigenvalue weighted by Gasteiger charge is -2.28. The molecule has 0 fully saturated rings. The first-order chi connectivity index (χ1) is 8.78. The Morgan fingerprint density at radius 2 is 2.05 bits per heavy atom. The first kappa shape index (κ1) is 15.5. The molecule has 0 radical (unpaired) electrons. The third-order valence-electron chi connectivity index (χ3n) is 2.99. The Morgan fingerprint density at radius 3 is 2.47 bits per heavy atom. The minimum absolute atomic E-state index is 0.0372. The van der Waals surface area contributed by atoms with Gasteiger partial charge in [0.2, 0.25) is 0 Å². The number of benzene rings is 1. The van der Waals surface area contributed by atoms with Gasteiger partial charge in [-0.25, -0.2) is 0 Å². The number of anilines is 1. The summed E-state index contributed by atoms with van der Waals surface area (Å²) in [5.74, 6) is -0.0372. The fourth-order valence-corrected chi connectivity index (χ4v) is 2.02. The lowest BCUT2D eigenvalue weighted by atomic mass is 10.0. The van der Waals surface area contributed by atoms with E-state index in [1.165, 1.54) is 0 Å². The van der Waals surface area contributed by atoms with E-state index in [9.17, 15) is 9.90 Å². The molecule has 0 spiro atoms. The van der Waals surface area contributed by atoms with Gasteiger partial charge in [0.05, 0.1) is 5.60 Å². The second-order valence-electron chi connectivity index (χ2n) is 5.41. The molecule has 4 heteroatoms. The number of carbonyl (C=O) groups excluding carboxylic acids is 1. The van der Waals surface area contributed by atoms with Gasteiger partial charge >= 0.3 is 0 Å². The molecule has 1 amide bonds. The number of nitrogens with zero attached hydrogens (tertiary/aromatic N) is 1. The Morgan fingerprint density at radius 1 is 1.42 bits per heavy atom. The summed E-state index contributed by atoms with van der Waals surface area (Å²) in [7, 11) is 1.85. The van der Waals surface area contributed by atoms with Crippen molar-refractivity contribution in [3.05, 3.63) is 29.3 Å². The van der Waals surface area contributed by atoms with E-state index >= 15 is 0 Å². The fraction of sp³-hybridized carbons (Fsp3) is 0.533. The van der Waals surface area contributed by atoms with Crippen molar-refractivity contribution in [1.82, 2.24) is 4.90 Å². The molecule has 0 saturated carbocycles. The quantitative estimate of drug-likeness (QED) is 0.858. The minimum atomic E-state index is -0.884. The SMILES string of the molecule is CCN(CC(C)(C)O)C(=O)c1ccc(NC)cc1C. The molecule has 0 heterocycles. The molecule has 1 aromatic rings. The van der Waals surface area contributed by atoms with E-state index in [1.54, 1.807) is 18.7 Å². The van der Waals surface area contributed by atoms with Crippen LogP contribution in [0.15, 0.2) is 18.2 Å². The van der Waals surface area contributed by atoms with Gasteiger partial charge < -0.3 is 15.3 Å². The highest BCUT2D eigenvalue weighted by molar-refractivity contribution is 5.96. The Labute approximate surface area is 115 Å². The summed E-state index contributed by atoms with van der Waals surface area (Å²) < 4.78 is 0. The van der Waals surface area contributed by atoms with Crippen LogP contribution < -0.4 is 5.32 Å². The van der Waals surface area contributed by atoms with Gasteiger partial charge in [-0.05, 0) is 51.5 Å². The molecule has 0 atom stereocenters. The summed E-state index contributed by atoms with van der Waals surface area (Å²) in [5, 5.41) is 12.9. The van der Waals surface area contributed by atoms with Crippen LogP contribution in [0.4, 0.5) is 5.69 Å². The smallest absolute Gasteiger partial charge is 0.254 e. The Bertz CT molecular complexity index is 450. The number of carbonyl (C=O) groups is 1. The van der Waals surface area contributed by atoms with E-state index in [2.05, 4.69) is 5.32 Å². The molecule has 0 bridgehead atoms. The van der Waals surface area contributed by atoms with E-state index in [-0.39, 0.29) is 5.91 Å². The van der Waals surface area contributed by atoms with Crippen LogP contribution in [0.2, 0.25) is 0 Å². The first-order valence-electron chi connectivity index (χ1n) is 6.58. The molecule has 2 N–H and O–H groups in total. The van der Waals surface area contributed by atoms with Crippen molar-refractivity contribution in [2.75, 3.05) is 25.5 Å². The van der Waals surface area contributed by atoms with E-state index in [1.807, 2.05) is 39.1 Å². The molecule has 0 unspecified atom stereocenters. The molecule has 19 heavy (non-hydrogen) atoms. The molecule has 0 aliphatic heterocycles. The molecule has 1 aromatic carbocycles. The normalized spacial score (nSPS) is 11.3. The maximum absolute atomic E-state index is 12.5. The predicted molar refractivity (Wildman–Crippen MR) is 78.6 cm³/mol. The van der Waals surface area contributed by atoms with Crippen LogP contribution in [0, 0.1) is 6.92 Å². The van der Waals surface area contributed by atoms with Crippen LogP contribution in [-0.2, 0) is 0 Å². The average molecular weight is 264 g/mol. The summed E-state index contributed by atoms with van der Waals surface area (Å²) in [6.07, 6.45) is 0. The number of aliphatic hydroxyl groups is 1. The van der Waals surface area contributed by atoms with E-state index in [0.717, 1.165) is 11.3 Å². The van der Waals surface area contributed by atoms with Gasteiger partial charge in [-0.2, -0.15) is 0 Å². The average Bonchev–Trinajstić information content (AvgIpc) is 2.33. The third kappa shape index (κ3) is 4.24. The molecule has 1 rings (SSSR count). The maximum atomic E-state index is 12.5. The molecule has 106 valence electrons. The number of hydrogen-bond donors (Lipinski definition) is 2. The standard InChI is InChI=1S/C15H24N2O2/c1-6-17(10-15(3,4)19)14(18)13-8-7-12(16-5)9-11(13)2/h7-9,16,19H,6,10H2,1-5H3. The van der Waals surface area contributed by atoms with Crippen LogP contribution in [0.1, 0.15) is 36.7 Å². The number of rotatable bonds is 5. The monoisotopic (exact) mass is 264 g/mol. The summed E-state index contributed by atoms with van der Waals surface area (Å²) in [6.45, 7) is 8.17. The lowest BCUT2D eigenvalue weighted by molar-refractivity contribution is 0.0314. The van der Waals surface area contributed by atoms with Crippen molar-refractivity contribution in [3.63, 3.8) is 0 Å². The highest BCUT2D eigenvalue weighted by atomic mass is 16.3. The van der Waals surface area contributed by atoms with E-state index in [0.29, 0.717) is 18.7 Å². The summed E-state index contributed by atoms with van der Waals surface area (Å²) in [4.78, 5) is 14.1. The van der Waals surface area contributed by atoms with Crippen LogP contribution in [0.5, 0.6) is 0 Å². The zero-order valence-corrected chi connectivity index (χ0v) is 12.4. The van der Waals surface area contributed by atoms with Crippen molar-refractivity contribution in [2.24, 2.45) is 0 Å². The Balaban J connectivity index is 2.98. The van der Waals surface area contributed by atoms with Crippen molar-refractivity contribution in [3.8, 4) is 0 Å². The van der Waals surface area contributed by atoms with Crippen LogP contribution in [-0.4, -0.2) is 41.7 Å². The zero-order valence-electron chi connectivity index (χ0n) is 12.4. The van der Waals surface area contributed by atoms with Gasteiger partial charge in [-0.3, -0.25) is 4.79 Å². The maximum Gasteiger partial charge on any atom is 0.254 e. The van der Waals surface area contributed by atoms with Gasteiger partial charge in [0.1, 0.15) is 0 Å². The lowest BCUT2D eigenvalue weighted by Crippen LogP contribution is -2.42. The van der Waals surface area contributed by atoms with Crippen molar-refractivity contribution in [2.45, 2.75) is 33.3 Å². The second-order valence-corrected chi connectivity index (χ2v) is 5.41. The van der Waals surface area contributed by atoms with Crippen LogP contribution >= 0.6 is 0 Å². The van der Waals surface area contributed by atoms with Gasteiger partial charge in [0.25, 0.3) is 5.91 Å². The number of hydrogen-bond acceptors (Lipinski definition) is 3. The van der Waals surface area contributed by atoms with E-state index in [4.69, 9.17) is 0 Å². The van der Waals surface area contributed by atoms with Crippen LogP contribution in [0.25, 0.3) is 0 Å². The Hall–Kier alpha value is -1.55. The molecule has 0 aliphatic carbocycles. The molecular weight excluding hydrogens is 240 g/mol. The topological polar surface area (TPSA) is 52.6 Å². The number of nitrogens with one attached hydrogen (secondary N) is 1. The molecule has 0 aliphatic rings. The minimum Gasteiger partial charge on any atom is -0.389 e. The molecule has 0 saturated heterocycles. The summed E-state index contributed by atoms with van der Waals surface area (Å²) >= 11 is 0. The Kier molecular flexibility index (Phi) is 4.95. The van der Waals surface area contributed by atoms with Crippen LogP contribution in [0.3, 0.4) is 0 Å². The number of aryl methyl sites for hydroxylation is 1. The second kappa shape index (κ2) is 6.06. The molecule has 4 nitrogen and oxygen atoms in total. The predicted octanol–water partition coefficient (Wildman–Crippen LogP) is 2.27.